The number of ether oxygens (including phenoxy) is 1. The number of nitrogens with one attached hydrogen (secondary N) is 2. The summed E-state index contributed by atoms with van der Waals surface area (Å²) < 4.78 is 6.95. The van der Waals surface area contributed by atoms with Crippen molar-refractivity contribution in [2.45, 2.75) is 20.3 Å². The quantitative estimate of drug-likeness (QED) is 0.552. The maximum atomic E-state index is 12.6. The number of nitrogens with zero attached hydrogens (tertiary/aromatic N) is 3. The van der Waals surface area contributed by atoms with Crippen LogP contribution in [0.3, 0.4) is 0 Å². The molecule has 1 amide bonds. The lowest BCUT2D eigenvalue weighted by Crippen LogP contribution is -2.39. The van der Waals surface area contributed by atoms with Gasteiger partial charge in [0.2, 0.25) is 0 Å². The van der Waals surface area contributed by atoms with E-state index < -0.39 is 0 Å². The van der Waals surface area contributed by atoms with Crippen LogP contribution in [0.4, 0.5) is 17.3 Å². The van der Waals surface area contributed by atoms with E-state index in [-0.39, 0.29) is 23.8 Å². The summed E-state index contributed by atoms with van der Waals surface area (Å²) in [6.45, 7) is 6.26. The molecule has 0 radical (unpaired) electrons. The number of piperidine rings is 1. The molecule has 1 aliphatic heterocycles. The standard InChI is InChI=1S/C25H30ClN5O3/c1-15-9-16(2)13-31(12-15)22-8-6-19(26)24(29-22)28-18-5-7-20-17(10-18)11-21(25(33)30(20)4)34-14-23(32)27-3/h5-8,10-11,15-16H,9,12-14H2,1-4H3,(H,27,32)(H,28,29)/t15-,16+. The lowest BCUT2D eigenvalue weighted by atomic mass is 9.92. The second-order valence-electron chi connectivity index (χ2n) is 9.08. The SMILES string of the molecule is CNC(=O)COc1cc2cc(Nc3nc(N4C[C@H](C)C[C@H](C)C4)ccc3Cl)ccc2n(C)c1=O. The zero-order valence-electron chi connectivity index (χ0n) is 19.9. The predicted molar refractivity (Wildman–Crippen MR) is 136 cm³/mol. The van der Waals surface area contributed by atoms with Gasteiger partial charge in [0.1, 0.15) is 5.82 Å². The van der Waals surface area contributed by atoms with Crippen LogP contribution < -0.4 is 25.8 Å². The van der Waals surface area contributed by atoms with E-state index in [1.165, 1.54) is 18.0 Å². The zero-order valence-corrected chi connectivity index (χ0v) is 20.6. The number of carbonyl (C=O) groups excluding carboxylic acids is 1. The first kappa shape index (κ1) is 23.9. The summed E-state index contributed by atoms with van der Waals surface area (Å²) in [7, 11) is 3.19. The highest BCUT2D eigenvalue weighted by Crippen LogP contribution is 2.31. The molecule has 1 fully saturated rings. The molecule has 3 aromatic rings. The van der Waals surface area contributed by atoms with Crippen LogP contribution in [0, 0.1) is 11.8 Å². The predicted octanol–water partition coefficient (Wildman–Crippen LogP) is 3.94. The molecule has 9 heteroatoms. The van der Waals surface area contributed by atoms with Crippen LogP contribution in [-0.2, 0) is 11.8 Å². The average Bonchev–Trinajstić information content (AvgIpc) is 2.81. The Bertz CT molecular complexity index is 1270. The maximum absolute atomic E-state index is 12.6. The Morgan fingerprint density at radius 3 is 2.62 bits per heavy atom. The summed E-state index contributed by atoms with van der Waals surface area (Å²) in [5.41, 5.74) is 1.21. The summed E-state index contributed by atoms with van der Waals surface area (Å²) in [5.74, 6) is 2.51. The third-order valence-corrected chi connectivity index (χ3v) is 6.42. The smallest absolute Gasteiger partial charge is 0.293 e. The Morgan fingerprint density at radius 1 is 1.18 bits per heavy atom. The largest absolute Gasteiger partial charge is 0.478 e. The first-order chi connectivity index (χ1) is 16.2. The minimum absolute atomic E-state index is 0.113. The third-order valence-electron chi connectivity index (χ3n) is 6.12. The summed E-state index contributed by atoms with van der Waals surface area (Å²) in [6.07, 6.45) is 1.23. The number of hydrogen-bond donors (Lipinski definition) is 2. The van der Waals surface area contributed by atoms with Gasteiger partial charge in [0, 0.05) is 38.3 Å². The van der Waals surface area contributed by atoms with Crippen molar-refractivity contribution in [1.29, 1.82) is 0 Å². The van der Waals surface area contributed by atoms with Gasteiger partial charge in [-0.25, -0.2) is 4.98 Å². The molecule has 34 heavy (non-hydrogen) atoms. The molecule has 2 atom stereocenters. The van der Waals surface area contributed by atoms with E-state index in [1.54, 1.807) is 13.1 Å². The van der Waals surface area contributed by atoms with E-state index in [9.17, 15) is 9.59 Å². The normalized spacial score (nSPS) is 18.1. The molecule has 180 valence electrons. The van der Waals surface area contributed by atoms with E-state index in [0.717, 1.165) is 35.5 Å². The van der Waals surface area contributed by atoms with Crippen LogP contribution in [0.1, 0.15) is 20.3 Å². The van der Waals surface area contributed by atoms with Crippen molar-refractivity contribution < 1.29 is 9.53 Å². The van der Waals surface area contributed by atoms with Gasteiger partial charge >= 0.3 is 0 Å². The van der Waals surface area contributed by atoms with E-state index in [0.29, 0.717) is 22.7 Å². The van der Waals surface area contributed by atoms with Crippen molar-refractivity contribution >= 4 is 45.7 Å². The minimum atomic E-state index is -0.310. The van der Waals surface area contributed by atoms with E-state index in [2.05, 4.69) is 29.4 Å². The van der Waals surface area contributed by atoms with Crippen molar-refractivity contribution in [1.82, 2.24) is 14.9 Å². The number of aromatic nitrogens is 2. The fourth-order valence-electron chi connectivity index (χ4n) is 4.53. The van der Waals surface area contributed by atoms with Gasteiger partial charge in [-0.05, 0) is 54.7 Å². The van der Waals surface area contributed by atoms with Crippen LogP contribution in [0.15, 0.2) is 41.2 Å². The number of aryl methyl sites for hydroxylation is 1. The molecule has 0 saturated carbocycles. The molecular formula is C25H30ClN5O3. The van der Waals surface area contributed by atoms with E-state index in [1.807, 2.05) is 30.3 Å². The highest BCUT2D eigenvalue weighted by Gasteiger charge is 2.23. The van der Waals surface area contributed by atoms with Gasteiger partial charge in [0.15, 0.2) is 18.2 Å². The highest BCUT2D eigenvalue weighted by molar-refractivity contribution is 6.33. The molecule has 2 N–H and O–H groups in total. The number of fused-ring (bicyclic) bond motifs is 1. The summed E-state index contributed by atoms with van der Waals surface area (Å²) in [5, 5.41) is 7.10. The Kier molecular flexibility index (Phi) is 6.97. The molecule has 4 rings (SSSR count). The highest BCUT2D eigenvalue weighted by atomic mass is 35.5. The number of hydrogen-bond acceptors (Lipinski definition) is 6. The molecule has 0 spiro atoms. The topological polar surface area (TPSA) is 88.5 Å². The molecular weight excluding hydrogens is 454 g/mol. The van der Waals surface area contributed by atoms with Crippen molar-refractivity contribution in [2.24, 2.45) is 18.9 Å². The maximum Gasteiger partial charge on any atom is 0.293 e. The van der Waals surface area contributed by atoms with Crippen LogP contribution in [0.25, 0.3) is 10.9 Å². The van der Waals surface area contributed by atoms with Gasteiger partial charge in [0.25, 0.3) is 11.5 Å². The molecule has 1 saturated heterocycles. The second-order valence-corrected chi connectivity index (χ2v) is 9.49. The molecule has 0 aliphatic carbocycles. The van der Waals surface area contributed by atoms with Crippen LogP contribution >= 0.6 is 11.6 Å². The van der Waals surface area contributed by atoms with Crippen LogP contribution in [-0.4, -0.2) is 42.2 Å². The number of rotatable bonds is 6. The molecule has 0 unspecified atom stereocenters. The molecule has 8 nitrogen and oxygen atoms in total. The second kappa shape index (κ2) is 9.93. The Labute approximate surface area is 203 Å². The number of anilines is 3. The number of halogens is 1. The molecule has 1 aromatic carbocycles. The van der Waals surface area contributed by atoms with Crippen LogP contribution in [0.2, 0.25) is 5.02 Å². The summed E-state index contributed by atoms with van der Waals surface area (Å²) in [4.78, 5) is 31.2. The molecule has 1 aliphatic rings. The molecule has 3 heterocycles. The fourth-order valence-corrected chi connectivity index (χ4v) is 4.68. The van der Waals surface area contributed by atoms with E-state index in [4.69, 9.17) is 21.3 Å². The number of pyridine rings is 2. The Balaban J connectivity index is 1.62. The first-order valence-corrected chi connectivity index (χ1v) is 11.8. The van der Waals surface area contributed by atoms with Gasteiger partial charge < -0.3 is 24.8 Å². The van der Waals surface area contributed by atoms with Crippen molar-refractivity contribution in [2.75, 3.05) is 37.0 Å². The summed E-state index contributed by atoms with van der Waals surface area (Å²) >= 11 is 6.47. The van der Waals surface area contributed by atoms with Gasteiger partial charge in [0.05, 0.1) is 10.5 Å². The Morgan fingerprint density at radius 2 is 1.91 bits per heavy atom. The number of carbonyl (C=O) groups is 1. The number of likely N-dealkylation sites (N-methyl/N-ethyl adjacent to an activating group) is 1. The third kappa shape index (κ3) is 5.12. The zero-order chi connectivity index (χ0) is 24.4. The van der Waals surface area contributed by atoms with Gasteiger partial charge in [-0.15, -0.1) is 0 Å². The fraction of sp³-hybridized carbons (Fsp3) is 0.400. The van der Waals surface area contributed by atoms with Gasteiger partial charge in [-0.3, -0.25) is 9.59 Å². The van der Waals surface area contributed by atoms with Crippen molar-refractivity contribution in [3.05, 3.63) is 51.8 Å². The molecule has 2 aromatic heterocycles. The van der Waals surface area contributed by atoms with E-state index >= 15 is 0 Å². The Hall–Kier alpha value is -3.26. The van der Waals surface area contributed by atoms with Crippen molar-refractivity contribution in [3.63, 3.8) is 0 Å². The lowest BCUT2D eigenvalue weighted by Gasteiger charge is -2.36. The lowest BCUT2D eigenvalue weighted by molar-refractivity contribution is -0.122. The van der Waals surface area contributed by atoms with Gasteiger partial charge in [-0.1, -0.05) is 25.4 Å². The molecule has 0 bridgehead atoms. The number of benzene rings is 1. The van der Waals surface area contributed by atoms with Crippen molar-refractivity contribution in [3.8, 4) is 5.75 Å². The van der Waals surface area contributed by atoms with Crippen LogP contribution in [0.5, 0.6) is 5.75 Å². The monoisotopic (exact) mass is 483 g/mol. The van der Waals surface area contributed by atoms with Gasteiger partial charge in [-0.2, -0.15) is 0 Å². The summed E-state index contributed by atoms with van der Waals surface area (Å²) in [6, 6.07) is 11.1. The minimum Gasteiger partial charge on any atom is -0.478 e. The number of amides is 1. The average molecular weight is 484 g/mol. The first-order valence-electron chi connectivity index (χ1n) is 11.4.